The Kier molecular flexibility index (Phi) is 4.99. The molecule has 0 saturated carbocycles. The van der Waals surface area contributed by atoms with Crippen molar-refractivity contribution in [2.24, 2.45) is 0 Å². The number of nitrogens with zero attached hydrogens (tertiary/aromatic N) is 2. The average Bonchev–Trinajstić information content (AvgIpc) is 3.00. The molecule has 0 unspecified atom stereocenters. The summed E-state index contributed by atoms with van der Waals surface area (Å²) in [5, 5.41) is 4.23. The number of ether oxygens (including phenoxy) is 1. The molecule has 1 heterocycles. The molecule has 0 saturated heterocycles. The Hall–Kier alpha value is -2.80. The maximum atomic E-state index is 12.6. The van der Waals surface area contributed by atoms with E-state index < -0.39 is 10.0 Å². The fourth-order valence-corrected chi connectivity index (χ4v) is 4.03. The molecule has 0 radical (unpaired) electrons. The van der Waals surface area contributed by atoms with Crippen molar-refractivity contribution in [1.29, 1.82) is 0 Å². The van der Waals surface area contributed by atoms with E-state index in [0.717, 1.165) is 16.9 Å². The standard InChI is InChI=1S/C19H21N3O3S/c1-14-7-8-19(15(2)9-14)26(23,24)21-17-11-20-22(13-17)12-16-5-4-6-18(10-16)25-3/h4-11,13,21H,12H2,1-3H3. The number of anilines is 1. The van der Waals surface area contributed by atoms with Crippen molar-refractivity contribution in [3.63, 3.8) is 0 Å². The molecule has 6 nitrogen and oxygen atoms in total. The summed E-state index contributed by atoms with van der Waals surface area (Å²) in [6, 6.07) is 12.9. The van der Waals surface area contributed by atoms with Gasteiger partial charge in [-0.25, -0.2) is 8.42 Å². The number of rotatable bonds is 6. The number of aromatic nitrogens is 2. The molecule has 3 aromatic rings. The third kappa shape index (κ3) is 4.05. The van der Waals surface area contributed by atoms with Gasteiger partial charge in [0.1, 0.15) is 5.75 Å². The van der Waals surface area contributed by atoms with Crippen LogP contribution in [-0.4, -0.2) is 25.3 Å². The van der Waals surface area contributed by atoms with E-state index in [9.17, 15) is 8.42 Å². The van der Waals surface area contributed by atoms with E-state index >= 15 is 0 Å². The Labute approximate surface area is 153 Å². The highest BCUT2D eigenvalue weighted by molar-refractivity contribution is 7.92. The van der Waals surface area contributed by atoms with Crippen molar-refractivity contribution in [2.75, 3.05) is 11.8 Å². The molecule has 0 fully saturated rings. The predicted octanol–water partition coefficient (Wildman–Crippen LogP) is 3.36. The largest absolute Gasteiger partial charge is 0.497 e. The van der Waals surface area contributed by atoms with Gasteiger partial charge in [-0.1, -0.05) is 29.8 Å². The fourth-order valence-electron chi connectivity index (χ4n) is 2.77. The zero-order valence-corrected chi connectivity index (χ0v) is 15.7. The minimum Gasteiger partial charge on any atom is -0.497 e. The highest BCUT2D eigenvalue weighted by Gasteiger charge is 2.17. The normalized spacial score (nSPS) is 11.3. The summed E-state index contributed by atoms with van der Waals surface area (Å²) >= 11 is 0. The molecule has 7 heteroatoms. The maximum absolute atomic E-state index is 12.6. The Morgan fingerprint density at radius 3 is 2.69 bits per heavy atom. The maximum Gasteiger partial charge on any atom is 0.262 e. The van der Waals surface area contributed by atoms with Crippen LogP contribution in [0.15, 0.2) is 59.8 Å². The zero-order valence-electron chi connectivity index (χ0n) is 14.9. The van der Waals surface area contributed by atoms with Crippen molar-refractivity contribution in [1.82, 2.24) is 9.78 Å². The summed E-state index contributed by atoms with van der Waals surface area (Å²) in [4.78, 5) is 0.267. The van der Waals surface area contributed by atoms with Crippen LogP contribution < -0.4 is 9.46 Å². The summed E-state index contributed by atoms with van der Waals surface area (Å²) in [5.41, 5.74) is 3.16. The van der Waals surface area contributed by atoms with Crippen molar-refractivity contribution in [3.05, 3.63) is 71.5 Å². The van der Waals surface area contributed by atoms with E-state index in [0.29, 0.717) is 17.8 Å². The van der Waals surface area contributed by atoms with Gasteiger partial charge in [0.25, 0.3) is 10.0 Å². The van der Waals surface area contributed by atoms with Crippen LogP contribution in [0.5, 0.6) is 5.75 Å². The van der Waals surface area contributed by atoms with Crippen LogP contribution in [0.25, 0.3) is 0 Å². The number of hydrogen-bond donors (Lipinski definition) is 1. The van der Waals surface area contributed by atoms with Gasteiger partial charge in [0.15, 0.2) is 0 Å². The second-order valence-electron chi connectivity index (χ2n) is 6.15. The smallest absolute Gasteiger partial charge is 0.262 e. The summed E-state index contributed by atoms with van der Waals surface area (Å²) in [6.07, 6.45) is 3.17. The van der Waals surface area contributed by atoms with E-state index in [-0.39, 0.29) is 4.90 Å². The predicted molar refractivity (Wildman–Crippen MR) is 101 cm³/mol. The quantitative estimate of drug-likeness (QED) is 0.721. The van der Waals surface area contributed by atoms with Crippen LogP contribution in [0, 0.1) is 13.8 Å². The van der Waals surface area contributed by atoms with Gasteiger partial charge in [-0.3, -0.25) is 9.40 Å². The first kappa shape index (κ1) is 18.0. The molecule has 26 heavy (non-hydrogen) atoms. The molecule has 0 atom stereocenters. The molecule has 0 amide bonds. The first-order chi connectivity index (χ1) is 12.4. The number of benzene rings is 2. The summed E-state index contributed by atoms with van der Waals surface area (Å²) < 4.78 is 34.7. The van der Waals surface area contributed by atoms with E-state index in [1.54, 1.807) is 37.0 Å². The third-order valence-electron chi connectivity index (χ3n) is 3.98. The van der Waals surface area contributed by atoms with Gasteiger partial charge in [-0.15, -0.1) is 0 Å². The number of hydrogen-bond acceptors (Lipinski definition) is 4. The SMILES string of the molecule is COc1cccc(Cn2cc(NS(=O)(=O)c3ccc(C)cc3C)cn2)c1. The van der Waals surface area contributed by atoms with Crippen molar-refractivity contribution >= 4 is 15.7 Å². The lowest BCUT2D eigenvalue weighted by molar-refractivity contribution is 0.414. The topological polar surface area (TPSA) is 73.2 Å². The molecule has 2 aromatic carbocycles. The minimum atomic E-state index is -3.65. The van der Waals surface area contributed by atoms with Gasteiger partial charge in [-0.2, -0.15) is 5.10 Å². The summed E-state index contributed by atoms with van der Waals surface area (Å²) in [5.74, 6) is 0.769. The van der Waals surface area contributed by atoms with Crippen molar-refractivity contribution < 1.29 is 13.2 Å². The monoisotopic (exact) mass is 371 g/mol. The van der Waals surface area contributed by atoms with Gasteiger partial charge in [0.2, 0.25) is 0 Å². The molecule has 3 rings (SSSR count). The van der Waals surface area contributed by atoms with Crippen LogP contribution >= 0.6 is 0 Å². The van der Waals surface area contributed by atoms with Crippen LogP contribution in [0.1, 0.15) is 16.7 Å². The number of aryl methyl sites for hydroxylation is 2. The summed E-state index contributed by atoms with van der Waals surface area (Å²) in [6.45, 7) is 4.23. The minimum absolute atomic E-state index is 0.267. The number of methoxy groups -OCH3 is 1. The van der Waals surface area contributed by atoms with Crippen LogP contribution in [0.2, 0.25) is 0 Å². The lowest BCUT2D eigenvalue weighted by Crippen LogP contribution is -2.14. The van der Waals surface area contributed by atoms with E-state index in [2.05, 4.69) is 9.82 Å². The number of sulfonamides is 1. The summed E-state index contributed by atoms with van der Waals surface area (Å²) in [7, 11) is -2.04. The van der Waals surface area contributed by atoms with Gasteiger partial charge in [0, 0.05) is 6.20 Å². The van der Waals surface area contributed by atoms with Crippen LogP contribution in [0.3, 0.4) is 0 Å². The van der Waals surface area contributed by atoms with Crippen LogP contribution in [-0.2, 0) is 16.6 Å². The molecular weight excluding hydrogens is 350 g/mol. The second-order valence-corrected chi connectivity index (χ2v) is 7.80. The van der Waals surface area contributed by atoms with Crippen molar-refractivity contribution in [3.8, 4) is 5.75 Å². The van der Waals surface area contributed by atoms with E-state index in [4.69, 9.17) is 4.74 Å². The molecule has 1 N–H and O–H groups in total. The molecule has 0 spiro atoms. The zero-order chi connectivity index (χ0) is 18.7. The first-order valence-electron chi connectivity index (χ1n) is 8.13. The van der Waals surface area contributed by atoms with Gasteiger partial charge >= 0.3 is 0 Å². The molecule has 0 aliphatic carbocycles. The van der Waals surface area contributed by atoms with E-state index in [1.807, 2.05) is 37.3 Å². The Balaban J connectivity index is 1.77. The Morgan fingerprint density at radius 1 is 1.15 bits per heavy atom. The second kappa shape index (κ2) is 7.21. The third-order valence-corrected chi connectivity index (χ3v) is 5.53. The lowest BCUT2D eigenvalue weighted by atomic mass is 10.2. The van der Waals surface area contributed by atoms with E-state index in [1.165, 1.54) is 6.20 Å². The number of nitrogens with one attached hydrogen (secondary N) is 1. The highest BCUT2D eigenvalue weighted by atomic mass is 32.2. The molecule has 0 aliphatic rings. The van der Waals surface area contributed by atoms with Gasteiger partial charge in [0.05, 0.1) is 30.4 Å². The van der Waals surface area contributed by atoms with Gasteiger partial charge < -0.3 is 4.74 Å². The average molecular weight is 371 g/mol. The van der Waals surface area contributed by atoms with Crippen LogP contribution in [0.4, 0.5) is 5.69 Å². The Morgan fingerprint density at radius 2 is 1.96 bits per heavy atom. The van der Waals surface area contributed by atoms with Crippen molar-refractivity contribution in [2.45, 2.75) is 25.3 Å². The lowest BCUT2D eigenvalue weighted by Gasteiger charge is -2.09. The Bertz CT molecular complexity index is 1030. The highest BCUT2D eigenvalue weighted by Crippen LogP contribution is 2.20. The van der Waals surface area contributed by atoms with Gasteiger partial charge in [-0.05, 0) is 43.2 Å². The molecule has 0 aliphatic heterocycles. The molecule has 136 valence electrons. The molecular formula is C19H21N3O3S. The molecule has 0 bridgehead atoms. The molecule has 1 aromatic heterocycles. The first-order valence-corrected chi connectivity index (χ1v) is 9.61. The fraction of sp³-hybridized carbons (Fsp3) is 0.211.